The van der Waals surface area contributed by atoms with Crippen molar-refractivity contribution in [3.05, 3.63) is 102 Å². The average Bonchev–Trinajstić information content (AvgIpc) is 2.69. The fraction of sp³-hybridized carbons (Fsp3) is 0.136. The molecule has 0 aliphatic carbocycles. The van der Waals surface area contributed by atoms with Crippen LogP contribution in [0.3, 0.4) is 0 Å². The normalized spacial score (nSPS) is 11.5. The summed E-state index contributed by atoms with van der Waals surface area (Å²) in [4.78, 5) is 29.3. The van der Waals surface area contributed by atoms with Crippen molar-refractivity contribution in [3.63, 3.8) is 0 Å². The van der Waals surface area contributed by atoms with Gasteiger partial charge in [0.2, 0.25) is 0 Å². The molecular weight excluding hydrogens is 324 g/mol. The Morgan fingerprint density at radius 3 is 2.08 bits per heavy atom. The highest BCUT2D eigenvalue weighted by atomic mass is 16.2. The largest absolute Gasteiger partial charge is 0.342 e. The third kappa shape index (κ3) is 4.86. The molecule has 4 heteroatoms. The first-order chi connectivity index (χ1) is 12.7. The Morgan fingerprint density at radius 1 is 0.808 bits per heavy atom. The summed E-state index contributed by atoms with van der Waals surface area (Å²) in [6.07, 6.45) is 4.05. The monoisotopic (exact) mass is 344 g/mol. The smallest absolute Gasteiger partial charge is 0.251 e. The second-order valence-electron chi connectivity index (χ2n) is 6.08. The lowest BCUT2D eigenvalue weighted by atomic mass is 9.97. The lowest BCUT2D eigenvalue weighted by Crippen LogP contribution is -2.43. The van der Waals surface area contributed by atoms with E-state index in [1.165, 1.54) is 0 Å². The predicted molar refractivity (Wildman–Crippen MR) is 101 cm³/mol. The summed E-state index contributed by atoms with van der Waals surface area (Å²) in [6.45, 7) is 0. The molecule has 1 atom stereocenters. The van der Waals surface area contributed by atoms with Gasteiger partial charge in [-0.15, -0.1) is 0 Å². The van der Waals surface area contributed by atoms with Crippen molar-refractivity contribution in [2.24, 2.45) is 0 Å². The maximum absolute atomic E-state index is 12.8. The molecule has 3 aromatic rings. The number of benzene rings is 2. The second-order valence-corrected chi connectivity index (χ2v) is 6.08. The van der Waals surface area contributed by atoms with Crippen LogP contribution in [0.4, 0.5) is 0 Å². The third-order valence-electron chi connectivity index (χ3n) is 4.14. The van der Waals surface area contributed by atoms with Gasteiger partial charge in [0.25, 0.3) is 5.91 Å². The van der Waals surface area contributed by atoms with Gasteiger partial charge in [-0.1, -0.05) is 48.5 Å². The number of amides is 1. The summed E-state index contributed by atoms with van der Waals surface area (Å²) in [5.41, 5.74) is 2.44. The minimum absolute atomic E-state index is 0.0238. The zero-order valence-electron chi connectivity index (χ0n) is 14.3. The zero-order valence-corrected chi connectivity index (χ0v) is 14.3. The molecule has 0 saturated carbocycles. The quantitative estimate of drug-likeness (QED) is 0.716. The Bertz CT molecular complexity index is 849. The average molecular weight is 344 g/mol. The fourth-order valence-electron chi connectivity index (χ4n) is 2.75. The van der Waals surface area contributed by atoms with Crippen molar-refractivity contribution in [1.29, 1.82) is 0 Å². The molecular formula is C22H20N2O2. The minimum Gasteiger partial charge on any atom is -0.342 e. The Labute approximate surface area is 152 Å². The van der Waals surface area contributed by atoms with E-state index < -0.39 is 6.04 Å². The van der Waals surface area contributed by atoms with Crippen molar-refractivity contribution in [2.75, 3.05) is 0 Å². The summed E-state index contributed by atoms with van der Waals surface area (Å²) in [7, 11) is 0. The van der Waals surface area contributed by atoms with Crippen LogP contribution in [0.2, 0.25) is 0 Å². The van der Waals surface area contributed by atoms with E-state index in [0.717, 1.165) is 11.1 Å². The maximum Gasteiger partial charge on any atom is 0.251 e. The first kappa shape index (κ1) is 17.5. The highest BCUT2D eigenvalue weighted by Crippen LogP contribution is 2.09. The zero-order chi connectivity index (χ0) is 18.2. The SMILES string of the molecule is O=C(NC(Cc1ccccc1)C(=O)Cc1ccncc1)c1ccccc1. The lowest BCUT2D eigenvalue weighted by Gasteiger charge is -2.18. The number of nitrogens with one attached hydrogen (secondary N) is 1. The number of ketones is 1. The molecule has 4 nitrogen and oxygen atoms in total. The van der Waals surface area contributed by atoms with Gasteiger partial charge in [0.1, 0.15) is 0 Å². The molecule has 1 heterocycles. The van der Waals surface area contributed by atoms with Crippen LogP contribution in [0.15, 0.2) is 85.2 Å². The summed E-state index contributed by atoms with van der Waals surface area (Å²) >= 11 is 0. The van der Waals surface area contributed by atoms with E-state index in [1.54, 1.807) is 36.7 Å². The molecule has 1 amide bonds. The van der Waals surface area contributed by atoms with Crippen molar-refractivity contribution in [1.82, 2.24) is 10.3 Å². The fourth-order valence-corrected chi connectivity index (χ4v) is 2.75. The molecule has 2 aromatic carbocycles. The van der Waals surface area contributed by atoms with Gasteiger partial charge in [0, 0.05) is 24.4 Å². The standard InChI is InChI=1S/C22H20N2O2/c25-21(16-18-11-13-23-14-12-18)20(15-17-7-3-1-4-8-17)24-22(26)19-9-5-2-6-10-19/h1-14,20H,15-16H2,(H,24,26). The molecule has 1 unspecified atom stereocenters. The van der Waals surface area contributed by atoms with Crippen molar-refractivity contribution in [2.45, 2.75) is 18.9 Å². The van der Waals surface area contributed by atoms with Gasteiger partial charge < -0.3 is 5.32 Å². The van der Waals surface area contributed by atoms with E-state index in [2.05, 4.69) is 10.3 Å². The molecule has 1 N–H and O–H groups in total. The number of Topliss-reactive ketones (excluding diaryl/α,β-unsaturated/α-hetero) is 1. The van der Waals surface area contributed by atoms with Gasteiger partial charge in [-0.25, -0.2) is 0 Å². The lowest BCUT2D eigenvalue weighted by molar-refractivity contribution is -0.120. The summed E-state index contributed by atoms with van der Waals surface area (Å²) in [6, 6.07) is 21.7. The van der Waals surface area contributed by atoms with Crippen molar-refractivity contribution in [3.8, 4) is 0 Å². The van der Waals surface area contributed by atoms with Gasteiger partial charge in [-0.3, -0.25) is 14.6 Å². The Balaban J connectivity index is 1.76. The van der Waals surface area contributed by atoms with Crippen LogP contribution in [-0.2, 0) is 17.6 Å². The summed E-state index contributed by atoms with van der Waals surface area (Å²) in [5.74, 6) is -0.265. The van der Waals surface area contributed by atoms with Gasteiger partial charge in [0.15, 0.2) is 5.78 Å². The van der Waals surface area contributed by atoms with E-state index >= 15 is 0 Å². The Hall–Kier alpha value is -3.27. The van der Waals surface area contributed by atoms with Gasteiger partial charge in [-0.2, -0.15) is 0 Å². The highest BCUT2D eigenvalue weighted by molar-refractivity contribution is 5.98. The van der Waals surface area contributed by atoms with Crippen molar-refractivity contribution < 1.29 is 9.59 Å². The predicted octanol–water partition coefficient (Wildman–Crippen LogP) is 3.23. The first-order valence-electron chi connectivity index (χ1n) is 8.54. The van der Waals surface area contributed by atoms with Gasteiger partial charge in [-0.05, 0) is 41.8 Å². The molecule has 0 spiro atoms. The van der Waals surface area contributed by atoms with Crippen LogP contribution in [0.25, 0.3) is 0 Å². The van der Waals surface area contributed by atoms with E-state index in [-0.39, 0.29) is 18.1 Å². The molecule has 0 radical (unpaired) electrons. The van der Waals surface area contributed by atoms with E-state index in [0.29, 0.717) is 12.0 Å². The number of rotatable bonds is 7. The molecule has 1 aromatic heterocycles. The molecule has 3 rings (SSSR count). The number of carbonyl (C=O) groups is 2. The second kappa shape index (κ2) is 8.72. The van der Waals surface area contributed by atoms with Gasteiger partial charge in [0.05, 0.1) is 6.04 Å². The molecule has 0 aliphatic rings. The topological polar surface area (TPSA) is 59.1 Å². The van der Waals surface area contributed by atoms with Crippen LogP contribution >= 0.6 is 0 Å². The molecule has 130 valence electrons. The highest BCUT2D eigenvalue weighted by Gasteiger charge is 2.22. The molecule has 0 fully saturated rings. The third-order valence-corrected chi connectivity index (χ3v) is 4.14. The number of hydrogen-bond acceptors (Lipinski definition) is 3. The van der Waals surface area contributed by atoms with E-state index in [1.807, 2.05) is 48.5 Å². The van der Waals surface area contributed by atoms with E-state index in [9.17, 15) is 9.59 Å². The molecule has 0 aliphatic heterocycles. The van der Waals surface area contributed by atoms with Crippen LogP contribution < -0.4 is 5.32 Å². The van der Waals surface area contributed by atoms with Gasteiger partial charge >= 0.3 is 0 Å². The molecule has 26 heavy (non-hydrogen) atoms. The van der Waals surface area contributed by atoms with E-state index in [4.69, 9.17) is 0 Å². The summed E-state index contributed by atoms with van der Waals surface area (Å²) < 4.78 is 0. The summed E-state index contributed by atoms with van der Waals surface area (Å²) in [5, 5.41) is 2.90. The number of aromatic nitrogens is 1. The number of pyridine rings is 1. The Morgan fingerprint density at radius 2 is 1.42 bits per heavy atom. The molecule has 0 saturated heterocycles. The van der Waals surface area contributed by atoms with Crippen LogP contribution in [0.5, 0.6) is 0 Å². The Kier molecular flexibility index (Phi) is 5.88. The van der Waals surface area contributed by atoms with Crippen LogP contribution in [0, 0.1) is 0 Å². The van der Waals surface area contributed by atoms with Crippen molar-refractivity contribution >= 4 is 11.7 Å². The number of nitrogens with zero attached hydrogens (tertiary/aromatic N) is 1. The number of carbonyl (C=O) groups excluding carboxylic acids is 2. The number of hydrogen-bond donors (Lipinski definition) is 1. The van der Waals surface area contributed by atoms with Crippen LogP contribution in [-0.4, -0.2) is 22.7 Å². The van der Waals surface area contributed by atoms with Crippen LogP contribution in [0.1, 0.15) is 21.5 Å². The maximum atomic E-state index is 12.8. The first-order valence-corrected chi connectivity index (χ1v) is 8.54. The minimum atomic E-state index is -0.585. The molecule has 0 bridgehead atoms.